The molecule has 0 saturated heterocycles. The predicted octanol–water partition coefficient (Wildman–Crippen LogP) is 2.38. The third kappa shape index (κ3) is 3.45. The first-order chi connectivity index (χ1) is 13.1. The number of amides is 1. The van der Waals surface area contributed by atoms with Gasteiger partial charge in [-0.3, -0.25) is 9.78 Å². The van der Waals surface area contributed by atoms with Gasteiger partial charge in [0.05, 0.1) is 23.3 Å². The first-order valence-corrected chi connectivity index (χ1v) is 8.17. The zero-order valence-corrected chi connectivity index (χ0v) is 14.0. The molecule has 0 aliphatic heterocycles. The molecule has 2 aromatic heterocycles. The lowest BCUT2D eigenvalue weighted by atomic mass is 10.0. The normalized spacial score (nSPS) is 10.9. The van der Waals surface area contributed by atoms with Gasteiger partial charge in [0.1, 0.15) is 11.6 Å². The Morgan fingerprint density at radius 2 is 1.89 bits per heavy atom. The molecule has 7 nitrogen and oxygen atoms in total. The highest BCUT2D eigenvalue weighted by Gasteiger charge is 2.14. The Balaban J connectivity index is 1.72. The summed E-state index contributed by atoms with van der Waals surface area (Å²) < 4.78 is 13.2. The Labute approximate surface area is 152 Å². The molecule has 4 aromatic rings. The second kappa shape index (κ2) is 6.83. The third-order valence-electron chi connectivity index (χ3n) is 4.07. The van der Waals surface area contributed by atoms with E-state index in [4.69, 9.17) is 0 Å². The second-order valence-electron chi connectivity index (χ2n) is 5.89. The molecule has 0 radical (unpaired) electrons. The van der Waals surface area contributed by atoms with E-state index in [1.54, 1.807) is 18.2 Å². The first-order valence-electron chi connectivity index (χ1n) is 8.17. The molecular formula is C19H14FN5O2. The molecule has 2 heterocycles. The van der Waals surface area contributed by atoms with Gasteiger partial charge in [-0.2, -0.15) is 5.10 Å². The number of hydrogen-bond acceptors (Lipinski definition) is 4. The van der Waals surface area contributed by atoms with Crippen molar-refractivity contribution in [2.75, 3.05) is 0 Å². The van der Waals surface area contributed by atoms with Gasteiger partial charge >= 0.3 is 5.69 Å². The molecule has 4 rings (SSSR count). The van der Waals surface area contributed by atoms with Gasteiger partial charge in [0.25, 0.3) is 5.91 Å². The zero-order valence-electron chi connectivity index (χ0n) is 14.0. The SMILES string of the molecule is O=C(NCc1n[nH]c(=O)[nH]1)c1cc(-c2ccc(F)cc2)nc2ccccc12. The largest absolute Gasteiger partial charge is 0.345 e. The quantitative estimate of drug-likeness (QED) is 0.518. The van der Waals surface area contributed by atoms with Crippen molar-refractivity contribution in [2.24, 2.45) is 0 Å². The van der Waals surface area contributed by atoms with Crippen LogP contribution in [-0.2, 0) is 6.54 Å². The summed E-state index contributed by atoms with van der Waals surface area (Å²) in [6.07, 6.45) is 0. The molecule has 0 bridgehead atoms. The van der Waals surface area contributed by atoms with E-state index >= 15 is 0 Å². The van der Waals surface area contributed by atoms with E-state index in [1.807, 2.05) is 24.3 Å². The summed E-state index contributed by atoms with van der Waals surface area (Å²) in [5.41, 5.74) is 1.91. The van der Waals surface area contributed by atoms with Crippen molar-refractivity contribution < 1.29 is 9.18 Å². The maximum Gasteiger partial charge on any atom is 0.340 e. The Morgan fingerprint density at radius 1 is 1.11 bits per heavy atom. The number of nitrogens with zero attached hydrogens (tertiary/aromatic N) is 2. The van der Waals surface area contributed by atoms with Crippen LogP contribution in [0.15, 0.2) is 59.4 Å². The molecule has 3 N–H and O–H groups in total. The number of rotatable bonds is 4. The number of carbonyl (C=O) groups is 1. The zero-order chi connectivity index (χ0) is 18.8. The standard InChI is InChI=1S/C19H14FN5O2/c20-12-7-5-11(6-8-12)16-9-14(13-3-1-2-4-15(13)22-16)18(26)21-10-17-23-19(27)25-24-17/h1-9H,10H2,(H,21,26)(H2,23,24,25,27). The molecule has 0 atom stereocenters. The molecule has 0 saturated carbocycles. The van der Waals surface area contributed by atoms with E-state index < -0.39 is 5.69 Å². The average Bonchev–Trinajstić information content (AvgIpc) is 3.11. The van der Waals surface area contributed by atoms with Gasteiger partial charge in [-0.25, -0.2) is 19.3 Å². The van der Waals surface area contributed by atoms with Crippen molar-refractivity contribution in [2.45, 2.75) is 6.54 Å². The summed E-state index contributed by atoms with van der Waals surface area (Å²) in [6, 6.07) is 14.9. The molecule has 0 unspecified atom stereocenters. The van der Waals surface area contributed by atoms with Crippen molar-refractivity contribution in [3.8, 4) is 11.3 Å². The summed E-state index contributed by atoms with van der Waals surface area (Å²) >= 11 is 0. The molecule has 1 amide bonds. The number of aromatic nitrogens is 4. The average molecular weight is 363 g/mol. The van der Waals surface area contributed by atoms with Crippen LogP contribution in [0.25, 0.3) is 22.2 Å². The van der Waals surface area contributed by atoms with E-state index in [0.29, 0.717) is 33.5 Å². The highest BCUT2D eigenvalue weighted by Crippen LogP contribution is 2.25. The van der Waals surface area contributed by atoms with Gasteiger partial charge in [-0.15, -0.1) is 0 Å². The Bertz CT molecular complexity index is 1180. The molecule has 27 heavy (non-hydrogen) atoms. The van der Waals surface area contributed by atoms with Gasteiger partial charge in [0.15, 0.2) is 0 Å². The van der Waals surface area contributed by atoms with Crippen molar-refractivity contribution in [1.82, 2.24) is 25.5 Å². The van der Waals surface area contributed by atoms with Crippen molar-refractivity contribution in [1.29, 1.82) is 0 Å². The van der Waals surface area contributed by atoms with Crippen molar-refractivity contribution in [3.63, 3.8) is 0 Å². The number of benzene rings is 2. The van der Waals surface area contributed by atoms with Gasteiger partial charge < -0.3 is 5.32 Å². The van der Waals surface area contributed by atoms with Crippen LogP contribution in [0.1, 0.15) is 16.2 Å². The lowest BCUT2D eigenvalue weighted by molar-refractivity contribution is 0.0951. The summed E-state index contributed by atoms with van der Waals surface area (Å²) in [7, 11) is 0. The minimum absolute atomic E-state index is 0.0695. The molecule has 2 aromatic carbocycles. The number of para-hydroxylation sites is 1. The first kappa shape index (κ1) is 16.6. The maximum atomic E-state index is 13.2. The fraction of sp³-hybridized carbons (Fsp3) is 0.0526. The number of fused-ring (bicyclic) bond motifs is 1. The molecule has 0 aliphatic carbocycles. The van der Waals surface area contributed by atoms with Gasteiger partial charge in [-0.05, 0) is 36.4 Å². The molecule has 0 fully saturated rings. The van der Waals surface area contributed by atoms with E-state index in [2.05, 4.69) is 25.5 Å². The lowest BCUT2D eigenvalue weighted by Crippen LogP contribution is -2.24. The van der Waals surface area contributed by atoms with Crippen LogP contribution in [0.5, 0.6) is 0 Å². The summed E-state index contributed by atoms with van der Waals surface area (Å²) in [5, 5.41) is 9.43. The Hall–Kier alpha value is -3.81. The summed E-state index contributed by atoms with van der Waals surface area (Å²) in [5.74, 6) is -0.350. The summed E-state index contributed by atoms with van der Waals surface area (Å²) in [6.45, 7) is 0.0695. The molecule has 134 valence electrons. The predicted molar refractivity (Wildman–Crippen MR) is 97.5 cm³/mol. The minimum Gasteiger partial charge on any atom is -0.345 e. The fourth-order valence-corrected chi connectivity index (χ4v) is 2.78. The summed E-state index contributed by atoms with van der Waals surface area (Å²) in [4.78, 5) is 30.9. The van der Waals surface area contributed by atoms with Crippen molar-refractivity contribution in [3.05, 3.63) is 82.3 Å². The molecule has 0 spiro atoms. The van der Waals surface area contributed by atoms with Crippen molar-refractivity contribution >= 4 is 16.8 Å². The van der Waals surface area contributed by atoms with E-state index in [0.717, 1.165) is 0 Å². The lowest BCUT2D eigenvalue weighted by Gasteiger charge is -2.10. The van der Waals surface area contributed by atoms with Crippen LogP contribution >= 0.6 is 0 Å². The number of hydrogen-bond donors (Lipinski definition) is 3. The molecular weight excluding hydrogens is 349 g/mol. The molecule has 0 aliphatic rings. The van der Waals surface area contributed by atoms with Crippen LogP contribution in [0, 0.1) is 5.82 Å². The van der Waals surface area contributed by atoms with Crippen LogP contribution < -0.4 is 11.0 Å². The number of pyridine rings is 1. The molecule has 8 heteroatoms. The minimum atomic E-state index is -0.438. The van der Waals surface area contributed by atoms with E-state index in [1.165, 1.54) is 12.1 Å². The smallest absolute Gasteiger partial charge is 0.340 e. The van der Waals surface area contributed by atoms with Crippen LogP contribution in [0.4, 0.5) is 4.39 Å². The Morgan fingerprint density at radius 3 is 2.63 bits per heavy atom. The van der Waals surface area contributed by atoms with E-state index in [-0.39, 0.29) is 18.3 Å². The fourth-order valence-electron chi connectivity index (χ4n) is 2.78. The highest BCUT2D eigenvalue weighted by molar-refractivity contribution is 6.07. The van der Waals surface area contributed by atoms with E-state index in [9.17, 15) is 14.0 Å². The monoisotopic (exact) mass is 363 g/mol. The van der Waals surface area contributed by atoms with Gasteiger partial charge in [0, 0.05) is 10.9 Å². The number of carbonyl (C=O) groups excluding carboxylic acids is 1. The number of aromatic amines is 2. The second-order valence-corrected chi connectivity index (χ2v) is 5.89. The van der Waals surface area contributed by atoms with Crippen LogP contribution in [-0.4, -0.2) is 26.1 Å². The maximum absolute atomic E-state index is 13.2. The number of H-pyrrole nitrogens is 2. The topological polar surface area (TPSA) is 104 Å². The van der Waals surface area contributed by atoms with Crippen LogP contribution in [0.2, 0.25) is 0 Å². The Kier molecular flexibility index (Phi) is 4.21. The number of nitrogens with one attached hydrogen (secondary N) is 3. The third-order valence-corrected chi connectivity index (χ3v) is 4.07. The van der Waals surface area contributed by atoms with Gasteiger partial charge in [0.2, 0.25) is 0 Å². The highest BCUT2D eigenvalue weighted by atomic mass is 19.1. The van der Waals surface area contributed by atoms with Gasteiger partial charge in [-0.1, -0.05) is 18.2 Å². The number of halogens is 1. The van der Waals surface area contributed by atoms with Crippen LogP contribution in [0.3, 0.4) is 0 Å².